The molecule has 0 bridgehead atoms. The third-order valence-corrected chi connectivity index (χ3v) is 2.90. The minimum absolute atomic E-state index is 0.571. The SMILES string of the molecule is CCCCCCCCCOCCOCCOCCN. The number of nitrogens with two attached hydrogens (primary N) is 1. The third-order valence-electron chi connectivity index (χ3n) is 2.90. The Morgan fingerprint density at radius 1 is 0.579 bits per heavy atom. The fourth-order valence-electron chi connectivity index (χ4n) is 1.79. The molecular weight excluding hydrogens is 242 g/mol. The lowest BCUT2D eigenvalue weighted by Crippen LogP contribution is -2.13. The van der Waals surface area contributed by atoms with Crippen LogP contribution in [-0.4, -0.2) is 46.2 Å². The molecule has 0 saturated carbocycles. The van der Waals surface area contributed by atoms with Crippen LogP contribution < -0.4 is 5.73 Å². The Morgan fingerprint density at radius 3 is 1.63 bits per heavy atom. The summed E-state index contributed by atoms with van der Waals surface area (Å²) in [4.78, 5) is 0. The van der Waals surface area contributed by atoms with E-state index >= 15 is 0 Å². The van der Waals surface area contributed by atoms with Crippen molar-refractivity contribution in [1.82, 2.24) is 0 Å². The van der Waals surface area contributed by atoms with Crippen LogP contribution in [-0.2, 0) is 14.2 Å². The van der Waals surface area contributed by atoms with Crippen LogP contribution in [0.4, 0.5) is 0 Å². The van der Waals surface area contributed by atoms with Gasteiger partial charge in [0.1, 0.15) is 0 Å². The molecule has 0 aliphatic rings. The Labute approximate surface area is 119 Å². The first-order valence-electron chi connectivity index (χ1n) is 7.85. The summed E-state index contributed by atoms with van der Waals surface area (Å²) in [5, 5.41) is 0. The van der Waals surface area contributed by atoms with E-state index in [0.717, 1.165) is 6.61 Å². The Hall–Kier alpha value is -0.160. The summed E-state index contributed by atoms with van der Waals surface area (Å²) in [5.41, 5.74) is 5.30. The lowest BCUT2D eigenvalue weighted by atomic mass is 10.1. The minimum atomic E-state index is 0.571. The molecule has 0 rings (SSSR count). The molecule has 0 unspecified atom stereocenters. The molecule has 0 radical (unpaired) electrons. The quantitative estimate of drug-likeness (QED) is 0.440. The monoisotopic (exact) mass is 275 g/mol. The average molecular weight is 275 g/mol. The van der Waals surface area contributed by atoms with E-state index < -0.39 is 0 Å². The van der Waals surface area contributed by atoms with Gasteiger partial charge in [0, 0.05) is 13.2 Å². The van der Waals surface area contributed by atoms with Crippen molar-refractivity contribution in [3.05, 3.63) is 0 Å². The normalized spacial score (nSPS) is 11.1. The van der Waals surface area contributed by atoms with Gasteiger partial charge >= 0.3 is 0 Å². The number of hydrogen-bond donors (Lipinski definition) is 1. The topological polar surface area (TPSA) is 53.7 Å². The Bertz CT molecular complexity index is 140. The second-order valence-corrected chi connectivity index (χ2v) is 4.75. The Balaban J connectivity index is 2.88. The Kier molecular flexibility index (Phi) is 17.7. The zero-order valence-electron chi connectivity index (χ0n) is 12.7. The van der Waals surface area contributed by atoms with Crippen molar-refractivity contribution in [3.8, 4) is 0 Å². The van der Waals surface area contributed by atoms with Crippen molar-refractivity contribution >= 4 is 0 Å². The number of ether oxygens (including phenoxy) is 3. The van der Waals surface area contributed by atoms with Crippen molar-refractivity contribution in [2.24, 2.45) is 5.73 Å². The van der Waals surface area contributed by atoms with Gasteiger partial charge in [0.25, 0.3) is 0 Å². The van der Waals surface area contributed by atoms with Gasteiger partial charge in [0.05, 0.1) is 33.0 Å². The first kappa shape index (κ1) is 18.8. The zero-order valence-corrected chi connectivity index (χ0v) is 12.7. The summed E-state index contributed by atoms with van der Waals surface area (Å²) in [6, 6.07) is 0. The second-order valence-electron chi connectivity index (χ2n) is 4.75. The molecule has 0 aromatic heterocycles. The highest BCUT2D eigenvalue weighted by Gasteiger charge is 1.93. The summed E-state index contributed by atoms with van der Waals surface area (Å²) >= 11 is 0. The smallest absolute Gasteiger partial charge is 0.0701 e. The van der Waals surface area contributed by atoms with Crippen LogP contribution in [0, 0.1) is 0 Å². The van der Waals surface area contributed by atoms with Crippen LogP contribution in [0.3, 0.4) is 0 Å². The van der Waals surface area contributed by atoms with Gasteiger partial charge in [0.15, 0.2) is 0 Å². The summed E-state index contributed by atoms with van der Waals surface area (Å²) in [7, 11) is 0. The maximum absolute atomic E-state index is 5.50. The average Bonchev–Trinajstić information content (AvgIpc) is 2.43. The van der Waals surface area contributed by atoms with Crippen LogP contribution >= 0.6 is 0 Å². The maximum atomic E-state index is 5.50. The third kappa shape index (κ3) is 17.8. The molecule has 0 aromatic carbocycles. The van der Waals surface area contributed by atoms with Gasteiger partial charge < -0.3 is 19.9 Å². The molecule has 4 nitrogen and oxygen atoms in total. The fourth-order valence-corrected chi connectivity index (χ4v) is 1.79. The van der Waals surface area contributed by atoms with Crippen LogP contribution in [0.25, 0.3) is 0 Å². The van der Waals surface area contributed by atoms with Gasteiger partial charge in [0.2, 0.25) is 0 Å². The van der Waals surface area contributed by atoms with Crippen molar-refractivity contribution in [3.63, 3.8) is 0 Å². The van der Waals surface area contributed by atoms with E-state index in [2.05, 4.69) is 6.92 Å². The van der Waals surface area contributed by atoms with Crippen LogP contribution in [0.5, 0.6) is 0 Å². The van der Waals surface area contributed by atoms with E-state index in [0.29, 0.717) is 39.6 Å². The van der Waals surface area contributed by atoms with E-state index in [9.17, 15) is 0 Å². The minimum Gasteiger partial charge on any atom is -0.379 e. The first-order chi connectivity index (χ1) is 9.41. The number of unbranched alkanes of at least 4 members (excludes halogenated alkanes) is 6. The molecular formula is C15H33NO3. The lowest BCUT2D eigenvalue weighted by molar-refractivity contribution is 0.0153. The second kappa shape index (κ2) is 17.8. The van der Waals surface area contributed by atoms with E-state index in [1.54, 1.807) is 0 Å². The van der Waals surface area contributed by atoms with E-state index in [1.807, 2.05) is 0 Å². The first-order valence-corrected chi connectivity index (χ1v) is 7.85. The highest BCUT2D eigenvalue weighted by molar-refractivity contribution is 4.44. The molecule has 0 atom stereocenters. The van der Waals surface area contributed by atoms with Gasteiger partial charge in [-0.25, -0.2) is 0 Å². The van der Waals surface area contributed by atoms with E-state index in [4.69, 9.17) is 19.9 Å². The molecule has 0 amide bonds. The highest BCUT2D eigenvalue weighted by Crippen LogP contribution is 2.06. The van der Waals surface area contributed by atoms with Gasteiger partial charge in [-0.15, -0.1) is 0 Å². The highest BCUT2D eigenvalue weighted by atomic mass is 16.5. The van der Waals surface area contributed by atoms with E-state index in [1.165, 1.54) is 44.9 Å². The van der Waals surface area contributed by atoms with Crippen molar-refractivity contribution in [1.29, 1.82) is 0 Å². The molecule has 116 valence electrons. The van der Waals surface area contributed by atoms with Crippen molar-refractivity contribution in [2.45, 2.75) is 51.9 Å². The van der Waals surface area contributed by atoms with Crippen molar-refractivity contribution in [2.75, 3.05) is 46.2 Å². The molecule has 0 heterocycles. The van der Waals surface area contributed by atoms with Gasteiger partial charge in [-0.05, 0) is 6.42 Å². The maximum Gasteiger partial charge on any atom is 0.0701 e. The van der Waals surface area contributed by atoms with Crippen molar-refractivity contribution < 1.29 is 14.2 Å². The van der Waals surface area contributed by atoms with Gasteiger partial charge in [-0.1, -0.05) is 45.4 Å². The molecule has 0 aliphatic heterocycles. The van der Waals surface area contributed by atoms with Gasteiger partial charge in [-0.2, -0.15) is 0 Å². The van der Waals surface area contributed by atoms with E-state index in [-0.39, 0.29) is 0 Å². The molecule has 0 saturated heterocycles. The number of rotatable bonds is 16. The predicted molar refractivity (Wildman–Crippen MR) is 79.5 cm³/mol. The Morgan fingerprint density at radius 2 is 1.05 bits per heavy atom. The predicted octanol–water partition coefficient (Wildman–Crippen LogP) is 2.75. The van der Waals surface area contributed by atoms with Crippen LogP contribution in [0.2, 0.25) is 0 Å². The van der Waals surface area contributed by atoms with Gasteiger partial charge in [-0.3, -0.25) is 0 Å². The lowest BCUT2D eigenvalue weighted by Gasteiger charge is -2.06. The molecule has 0 fully saturated rings. The van der Waals surface area contributed by atoms with Crippen LogP contribution in [0.15, 0.2) is 0 Å². The molecule has 0 aliphatic carbocycles. The summed E-state index contributed by atoms with van der Waals surface area (Å²) in [5.74, 6) is 0. The molecule has 2 N–H and O–H groups in total. The molecule has 0 aromatic rings. The standard InChI is InChI=1S/C15H33NO3/c1-2-3-4-5-6-7-8-10-17-12-14-19-15-13-18-11-9-16/h2-16H2,1H3. The summed E-state index contributed by atoms with van der Waals surface area (Å²) < 4.78 is 16.1. The summed E-state index contributed by atoms with van der Waals surface area (Å²) in [6.07, 6.45) is 9.27. The fraction of sp³-hybridized carbons (Fsp3) is 1.00. The largest absolute Gasteiger partial charge is 0.379 e. The molecule has 4 heteroatoms. The van der Waals surface area contributed by atoms with Crippen LogP contribution in [0.1, 0.15) is 51.9 Å². The number of hydrogen-bond acceptors (Lipinski definition) is 4. The molecule has 19 heavy (non-hydrogen) atoms. The summed E-state index contributed by atoms with van der Waals surface area (Å²) in [6.45, 7) is 6.88. The zero-order chi connectivity index (χ0) is 14.0. The molecule has 0 spiro atoms.